The van der Waals surface area contributed by atoms with Crippen molar-refractivity contribution in [3.8, 4) is 0 Å². The van der Waals surface area contributed by atoms with Gasteiger partial charge >= 0.3 is 0 Å². The molecule has 2 aliphatic heterocycles. The van der Waals surface area contributed by atoms with E-state index >= 15 is 0 Å². The van der Waals surface area contributed by atoms with Gasteiger partial charge in [0.25, 0.3) is 0 Å². The lowest BCUT2D eigenvalue weighted by Gasteiger charge is -2.44. The maximum absolute atomic E-state index is 12.7. The number of amides is 2. The number of halogens is 2. The van der Waals surface area contributed by atoms with Gasteiger partial charge < -0.3 is 20.4 Å². The standard InChI is InChI=1S/C38H32Cl2N4O2/c1-23-5-3-7-25(21-23)35-33(39)37(45)43(35)31-17-13-29(14-18-31)41-27-9-11-28(12-10-27)42-30-15-19-32(20-16-30)44-36(34(40)38(44)46)26-8-4-6-24(2)22-26/h3-22,33-36,41-42H,1-2H3. The molecule has 0 saturated carbocycles. The number of aryl methyl sites for hydroxylation is 2. The Morgan fingerprint density at radius 3 is 1.15 bits per heavy atom. The molecule has 2 N–H and O–H groups in total. The number of alkyl halides is 2. The molecule has 4 unspecified atom stereocenters. The predicted octanol–water partition coefficient (Wildman–Crippen LogP) is 9.18. The van der Waals surface area contributed by atoms with Gasteiger partial charge in [0.15, 0.2) is 0 Å². The van der Waals surface area contributed by atoms with Crippen LogP contribution in [0.3, 0.4) is 0 Å². The van der Waals surface area contributed by atoms with E-state index in [4.69, 9.17) is 23.2 Å². The van der Waals surface area contributed by atoms with Gasteiger partial charge in [-0.25, -0.2) is 0 Å². The summed E-state index contributed by atoms with van der Waals surface area (Å²) in [5.41, 5.74) is 9.66. The third kappa shape index (κ3) is 5.59. The second-order valence-corrected chi connectivity index (χ2v) is 12.8. The highest BCUT2D eigenvalue weighted by molar-refractivity contribution is 6.38. The molecule has 0 radical (unpaired) electrons. The molecule has 5 aromatic carbocycles. The van der Waals surface area contributed by atoms with Crippen LogP contribution in [0.5, 0.6) is 0 Å². The minimum atomic E-state index is -0.565. The average molecular weight is 648 g/mol. The van der Waals surface area contributed by atoms with E-state index in [1.54, 1.807) is 9.80 Å². The largest absolute Gasteiger partial charge is 0.356 e. The summed E-state index contributed by atoms with van der Waals surface area (Å²) in [7, 11) is 0. The number of anilines is 6. The van der Waals surface area contributed by atoms with Crippen LogP contribution in [0.2, 0.25) is 0 Å². The lowest BCUT2D eigenvalue weighted by atomic mass is 9.91. The van der Waals surface area contributed by atoms with Crippen LogP contribution >= 0.6 is 23.2 Å². The van der Waals surface area contributed by atoms with Crippen molar-refractivity contribution in [1.82, 2.24) is 0 Å². The van der Waals surface area contributed by atoms with Gasteiger partial charge in [0, 0.05) is 34.1 Å². The second kappa shape index (κ2) is 12.2. The Kier molecular flexibility index (Phi) is 7.93. The van der Waals surface area contributed by atoms with Crippen molar-refractivity contribution in [1.29, 1.82) is 0 Å². The Hall–Kier alpha value is -4.78. The summed E-state index contributed by atoms with van der Waals surface area (Å²) in [5, 5.41) is 5.72. The minimum Gasteiger partial charge on any atom is -0.356 e. The van der Waals surface area contributed by atoms with Crippen molar-refractivity contribution in [3.05, 3.63) is 144 Å². The zero-order valence-electron chi connectivity index (χ0n) is 25.3. The zero-order chi connectivity index (χ0) is 31.9. The van der Waals surface area contributed by atoms with E-state index in [1.165, 1.54) is 0 Å². The lowest BCUT2D eigenvalue weighted by Crippen LogP contribution is -2.56. The Bertz CT molecular complexity index is 1770. The number of carbonyl (C=O) groups excluding carboxylic acids is 2. The van der Waals surface area contributed by atoms with Crippen molar-refractivity contribution in [3.63, 3.8) is 0 Å². The first-order chi connectivity index (χ1) is 22.3. The van der Waals surface area contributed by atoms with E-state index < -0.39 is 10.8 Å². The molecule has 2 fully saturated rings. The molecule has 0 bridgehead atoms. The molecule has 0 aromatic heterocycles. The molecule has 2 heterocycles. The van der Waals surface area contributed by atoms with Crippen molar-refractivity contribution in [2.45, 2.75) is 36.7 Å². The minimum absolute atomic E-state index is 0.0870. The molecule has 4 atom stereocenters. The van der Waals surface area contributed by atoms with E-state index in [0.717, 1.165) is 56.4 Å². The zero-order valence-corrected chi connectivity index (χ0v) is 26.8. The molecule has 2 aliphatic rings. The summed E-state index contributed by atoms with van der Waals surface area (Å²) >= 11 is 12.9. The predicted molar refractivity (Wildman–Crippen MR) is 188 cm³/mol. The smallest absolute Gasteiger partial charge is 0.248 e. The quantitative estimate of drug-likeness (QED) is 0.130. The summed E-state index contributed by atoms with van der Waals surface area (Å²) in [4.78, 5) is 28.9. The van der Waals surface area contributed by atoms with Gasteiger partial charge in [-0.3, -0.25) is 9.59 Å². The third-order valence-electron chi connectivity index (χ3n) is 8.58. The molecule has 6 nitrogen and oxygen atoms in total. The van der Waals surface area contributed by atoms with Crippen LogP contribution in [0.1, 0.15) is 34.3 Å². The van der Waals surface area contributed by atoms with Gasteiger partial charge in [0.1, 0.15) is 10.8 Å². The fourth-order valence-electron chi connectivity index (χ4n) is 6.21. The molecule has 5 aromatic rings. The summed E-state index contributed by atoms with van der Waals surface area (Å²) in [6, 6.07) is 39.5. The lowest BCUT2D eigenvalue weighted by molar-refractivity contribution is -0.124. The van der Waals surface area contributed by atoms with E-state index in [1.807, 2.05) is 123 Å². The maximum atomic E-state index is 12.7. The van der Waals surface area contributed by atoms with E-state index in [0.29, 0.717) is 0 Å². The van der Waals surface area contributed by atoms with Gasteiger partial charge in [-0.2, -0.15) is 0 Å². The van der Waals surface area contributed by atoms with Crippen molar-refractivity contribution in [2.75, 3.05) is 20.4 Å². The highest BCUT2D eigenvalue weighted by atomic mass is 35.5. The van der Waals surface area contributed by atoms with Crippen LogP contribution in [-0.2, 0) is 9.59 Å². The van der Waals surface area contributed by atoms with Crippen LogP contribution in [0, 0.1) is 13.8 Å². The number of nitrogens with zero attached hydrogens (tertiary/aromatic N) is 2. The van der Waals surface area contributed by atoms with Crippen LogP contribution in [0.25, 0.3) is 0 Å². The van der Waals surface area contributed by atoms with Crippen LogP contribution in [-0.4, -0.2) is 22.6 Å². The monoisotopic (exact) mass is 646 g/mol. The van der Waals surface area contributed by atoms with Gasteiger partial charge in [0.05, 0.1) is 12.1 Å². The molecule has 230 valence electrons. The molecule has 8 heteroatoms. The number of β-lactam (4-membered cyclic amide) rings is 2. The molecule has 7 rings (SSSR count). The van der Waals surface area contributed by atoms with Gasteiger partial charge in [0.2, 0.25) is 11.8 Å². The number of benzene rings is 5. The fraction of sp³-hybridized carbons (Fsp3) is 0.158. The van der Waals surface area contributed by atoms with Gasteiger partial charge in [-0.1, -0.05) is 59.7 Å². The van der Waals surface area contributed by atoms with Gasteiger partial charge in [-0.15, -0.1) is 23.2 Å². The molecular formula is C38H32Cl2N4O2. The van der Waals surface area contributed by atoms with E-state index in [9.17, 15) is 9.59 Å². The fourth-order valence-corrected chi connectivity index (χ4v) is 6.94. The number of hydrogen-bond acceptors (Lipinski definition) is 4. The molecule has 0 aliphatic carbocycles. The Balaban J connectivity index is 0.978. The number of hydrogen-bond donors (Lipinski definition) is 2. The average Bonchev–Trinajstić information content (AvgIpc) is 3.07. The third-order valence-corrected chi connectivity index (χ3v) is 9.43. The summed E-state index contributed by atoms with van der Waals surface area (Å²) < 4.78 is 0. The summed E-state index contributed by atoms with van der Waals surface area (Å²) in [5.74, 6) is -0.174. The molecule has 2 saturated heterocycles. The van der Waals surface area contributed by atoms with Crippen molar-refractivity contribution >= 4 is 69.1 Å². The van der Waals surface area contributed by atoms with Crippen LogP contribution in [0.15, 0.2) is 121 Å². The van der Waals surface area contributed by atoms with E-state index in [-0.39, 0.29) is 23.9 Å². The first kappa shape index (κ1) is 29.9. The SMILES string of the molecule is Cc1cccc(C2C(Cl)C(=O)N2c2ccc(Nc3ccc(Nc4ccc(N5C(=O)C(Cl)C5c5cccc(C)c5)cc4)cc3)cc2)c1. The summed E-state index contributed by atoms with van der Waals surface area (Å²) in [6.07, 6.45) is 0. The van der Waals surface area contributed by atoms with E-state index in [2.05, 4.69) is 22.8 Å². The van der Waals surface area contributed by atoms with Gasteiger partial charge in [-0.05, 0) is 97.8 Å². The molecule has 46 heavy (non-hydrogen) atoms. The van der Waals surface area contributed by atoms with Crippen LogP contribution < -0.4 is 20.4 Å². The van der Waals surface area contributed by atoms with Crippen molar-refractivity contribution < 1.29 is 9.59 Å². The number of nitrogens with one attached hydrogen (secondary N) is 2. The molecule has 0 spiro atoms. The Morgan fingerprint density at radius 2 is 0.826 bits per heavy atom. The van der Waals surface area contributed by atoms with Crippen LogP contribution in [0.4, 0.5) is 34.1 Å². The number of carbonyl (C=O) groups is 2. The summed E-state index contributed by atoms with van der Waals surface area (Å²) in [6.45, 7) is 4.07. The highest BCUT2D eigenvalue weighted by Crippen LogP contribution is 2.44. The topological polar surface area (TPSA) is 64.7 Å². The number of rotatable bonds is 8. The molecule has 2 amide bonds. The Labute approximate surface area is 278 Å². The molecular weight excluding hydrogens is 615 g/mol. The first-order valence-corrected chi connectivity index (χ1v) is 16.1. The first-order valence-electron chi connectivity index (χ1n) is 15.2. The highest BCUT2D eigenvalue weighted by Gasteiger charge is 2.48. The second-order valence-electron chi connectivity index (χ2n) is 11.9. The maximum Gasteiger partial charge on any atom is 0.248 e. The van der Waals surface area contributed by atoms with Crippen molar-refractivity contribution in [2.24, 2.45) is 0 Å². The normalized spacial score (nSPS) is 20.6. The Morgan fingerprint density at radius 1 is 0.500 bits per heavy atom.